The lowest BCUT2D eigenvalue weighted by Crippen LogP contribution is -2.48. The molecule has 59 heavy (non-hydrogen) atoms. The highest BCUT2D eigenvalue weighted by Gasteiger charge is 2.62. The Bertz CT molecular complexity index is 1940. The Hall–Kier alpha value is -3.74. The van der Waals surface area contributed by atoms with E-state index < -0.39 is 34.9 Å². The van der Waals surface area contributed by atoms with E-state index in [1.54, 1.807) is 4.90 Å². The summed E-state index contributed by atoms with van der Waals surface area (Å²) in [5, 5.41) is 1.04. The Morgan fingerprint density at radius 3 is 2.41 bits per heavy atom. The van der Waals surface area contributed by atoms with Crippen molar-refractivity contribution in [3.63, 3.8) is 0 Å². The zero-order valence-electron chi connectivity index (χ0n) is 35.9. The van der Waals surface area contributed by atoms with E-state index in [1.807, 2.05) is 65.8 Å². The van der Waals surface area contributed by atoms with Crippen molar-refractivity contribution in [3.8, 4) is 11.5 Å². The summed E-state index contributed by atoms with van der Waals surface area (Å²) in [6, 6.07) is 4.70. The fourth-order valence-corrected chi connectivity index (χ4v) is 10.00. The Morgan fingerprint density at radius 2 is 1.76 bits per heavy atom. The number of carbonyl (C=O) groups is 4. The van der Waals surface area contributed by atoms with Gasteiger partial charge in [-0.15, -0.1) is 0 Å². The number of morpholine rings is 1. The number of amides is 1. The molecule has 1 unspecified atom stereocenters. The number of methoxy groups -OCH3 is 1. The lowest BCUT2D eigenvalue weighted by Gasteiger charge is -2.35. The lowest BCUT2D eigenvalue weighted by molar-refractivity contribution is -0.157. The number of esters is 2. The van der Waals surface area contributed by atoms with Crippen LogP contribution in [0.5, 0.6) is 11.5 Å². The minimum Gasteiger partial charge on any atom is -0.491 e. The molecule has 0 radical (unpaired) electrons. The average Bonchev–Trinajstić information content (AvgIpc) is 4.00. The molecule has 0 N–H and O–H groups in total. The molecule has 1 amide bonds. The Labute approximate surface area is 353 Å². The fourth-order valence-electron chi connectivity index (χ4n) is 9.73. The van der Waals surface area contributed by atoms with Crippen LogP contribution < -0.4 is 9.47 Å². The van der Waals surface area contributed by atoms with Gasteiger partial charge in [0.15, 0.2) is 5.78 Å². The van der Waals surface area contributed by atoms with E-state index in [-0.39, 0.29) is 55.5 Å². The number of aromatic nitrogens is 1. The van der Waals surface area contributed by atoms with Crippen LogP contribution in [-0.4, -0.2) is 110 Å². The number of ketones is 1. The number of likely N-dealkylation sites (tertiary alicyclic amines) is 1. The summed E-state index contributed by atoms with van der Waals surface area (Å²) < 4.78 is 29.6. The average molecular weight is 836 g/mol. The van der Waals surface area contributed by atoms with Gasteiger partial charge in [0.05, 0.1) is 61.9 Å². The van der Waals surface area contributed by atoms with Crippen LogP contribution in [0.4, 0.5) is 0 Å². The van der Waals surface area contributed by atoms with E-state index in [9.17, 15) is 19.2 Å². The maximum absolute atomic E-state index is 14.8. The molecular formula is C46H62ClN3O9. The van der Waals surface area contributed by atoms with Crippen LogP contribution in [0.2, 0.25) is 5.02 Å². The van der Waals surface area contributed by atoms with Crippen molar-refractivity contribution in [2.45, 2.75) is 111 Å². The SMILES string of the molecule is CC[C@@H]1C[C@]1(CC(=O)[C@@H]1C[C@@H](Oc2cc(C=C(C)C)nc3c(Cl)c(OCCN4CCOCC4)ccc23)CN1C(=O)[C@@H](CC(=O)OC1C[C@@H]2C[C@@H]2C1)C(C)(C)C)C(=O)OC. The molecule has 2 aromatic rings. The fraction of sp³-hybridized carbons (Fsp3) is 0.674. The normalized spacial score (nSPS) is 28.1. The van der Waals surface area contributed by atoms with Crippen LogP contribution in [0.25, 0.3) is 17.0 Å². The van der Waals surface area contributed by atoms with E-state index in [0.29, 0.717) is 71.2 Å². The summed E-state index contributed by atoms with van der Waals surface area (Å²) in [5.41, 5.74) is 0.675. The smallest absolute Gasteiger partial charge is 0.312 e. The van der Waals surface area contributed by atoms with Gasteiger partial charge in [0, 0.05) is 43.9 Å². The first-order chi connectivity index (χ1) is 28.1. The molecule has 2 aliphatic heterocycles. The van der Waals surface area contributed by atoms with Gasteiger partial charge in [-0.05, 0) is 80.9 Å². The second-order valence-corrected chi connectivity index (χ2v) is 19.3. The standard InChI is InChI=1S/C46H62ClN3O9/c1-8-30-24-46(30,44(54)55-7)25-37(51)36-22-33(26-50(36)43(53)35(45(4,5)6)23-40(52)59-32-19-28-18-29(28)20-32)58-39-21-31(17-27(2)3)48-42-34(39)9-10-38(41(42)47)57-16-13-49-11-14-56-15-12-49/h9-10,17,21,28-30,32-33,35-36H,8,11-16,18-20,22-26H2,1-7H3/t28-,29+,30-,32?,33-,35-,36+,46-/m1/s1. The maximum Gasteiger partial charge on any atom is 0.312 e. The van der Waals surface area contributed by atoms with E-state index in [2.05, 4.69) is 4.90 Å². The Balaban J connectivity index is 1.15. The first-order valence-corrected chi connectivity index (χ1v) is 22.0. The second kappa shape index (κ2) is 17.7. The van der Waals surface area contributed by atoms with Crippen LogP contribution in [0.15, 0.2) is 23.8 Å². The number of rotatable bonds is 16. The molecule has 13 heteroatoms. The topological polar surface area (TPSA) is 134 Å². The highest BCUT2D eigenvalue weighted by molar-refractivity contribution is 6.36. The number of Topliss-reactive ketones (excluding diaryl/α,β-unsaturated/α-hetero) is 1. The third-order valence-electron chi connectivity index (χ3n) is 13.3. The third-order valence-corrected chi connectivity index (χ3v) is 13.7. The van der Waals surface area contributed by atoms with Crippen LogP contribution in [-0.2, 0) is 33.4 Å². The number of nitrogens with zero attached hydrogens (tertiary/aromatic N) is 3. The molecule has 12 nitrogen and oxygen atoms in total. The molecule has 3 heterocycles. The highest BCUT2D eigenvalue weighted by Crippen LogP contribution is 2.58. The maximum atomic E-state index is 14.8. The first kappa shape index (κ1) is 43.4. The molecule has 7 rings (SSSR count). The quantitative estimate of drug-likeness (QED) is 0.158. The van der Waals surface area contributed by atoms with Crippen molar-refractivity contribution in [2.75, 3.05) is 53.1 Å². The van der Waals surface area contributed by atoms with E-state index >= 15 is 0 Å². The minimum absolute atomic E-state index is 0.0293. The number of pyridine rings is 1. The summed E-state index contributed by atoms with van der Waals surface area (Å²) in [6.45, 7) is 16.2. The molecule has 3 aliphatic carbocycles. The van der Waals surface area contributed by atoms with Crippen molar-refractivity contribution in [1.82, 2.24) is 14.8 Å². The summed E-state index contributed by atoms with van der Waals surface area (Å²) in [7, 11) is 1.35. The second-order valence-electron chi connectivity index (χ2n) is 18.9. The van der Waals surface area contributed by atoms with E-state index in [4.69, 9.17) is 40.3 Å². The molecule has 1 aromatic carbocycles. The van der Waals surface area contributed by atoms with Gasteiger partial charge < -0.3 is 28.6 Å². The third kappa shape index (κ3) is 9.75. The molecule has 5 fully saturated rings. The molecule has 5 aliphatic rings. The summed E-state index contributed by atoms with van der Waals surface area (Å²) >= 11 is 7.03. The molecule has 3 saturated carbocycles. The predicted octanol–water partition coefficient (Wildman–Crippen LogP) is 7.31. The van der Waals surface area contributed by atoms with Gasteiger partial charge in [-0.2, -0.15) is 0 Å². The summed E-state index contributed by atoms with van der Waals surface area (Å²) in [5.74, 6) is 0.344. The van der Waals surface area contributed by atoms with Crippen molar-refractivity contribution >= 4 is 52.2 Å². The summed E-state index contributed by atoms with van der Waals surface area (Å²) in [6.07, 6.45) is 5.65. The van der Waals surface area contributed by atoms with Crippen molar-refractivity contribution in [1.29, 1.82) is 0 Å². The first-order valence-electron chi connectivity index (χ1n) is 21.6. The monoisotopic (exact) mass is 835 g/mol. The van der Waals surface area contributed by atoms with Crippen LogP contribution in [0, 0.1) is 34.5 Å². The number of carbonyl (C=O) groups excluding carboxylic acids is 4. The van der Waals surface area contributed by atoms with Gasteiger partial charge in [-0.25, -0.2) is 4.98 Å². The number of benzene rings is 1. The minimum atomic E-state index is -0.900. The molecule has 1 aromatic heterocycles. The predicted molar refractivity (Wildman–Crippen MR) is 224 cm³/mol. The van der Waals surface area contributed by atoms with Gasteiger partial charge in [-0.3, -0.25) is 24.1 Å². The van der Waals surface area contributed by atoms with Crippen molar-refractivity contribution in [3.05, 3.63) is 34.5 Å². The zero-order valence-corrected chi connectivity index (χ0v) is 36.6. The van der Waals surface area contributed by atoms with Gasteiger partial charge in [-0.1, -0.05) is 51.3 Å². The molecule has 322 valence electrons. The Kier molecular flexibility index (Phi) is 13.0. The van der Waals surface area contributed by atoms with Crippen LogP contribution in [0.3, 0.4) is 0 Å². The van der Waals surface area contributed by atoms with E-state index in [0.717, 1.165) is 44.5 Å². The van der Waals surface area contributed by atoms with Gasteiger partial charge >= 0.3 is 11.9 Å². The molecule has 0 spiro atoms. The molecular weight excluding hydrogens is 774 g/mol. The van der Waals surface area contributed by atoms with E-state index in [1.165, 1.54) is 13.5 Å². The Morgan fingerprint density at radius 1 is 1.03 bits per heavy atom. The molecule has 8 atom stereocenters. The van der Waals surface area contributed by atoms with Gasteiger partial charge in [0.2, 0.25) is 5.91 Å². The summed E-state index contributed by atoms with van der Waals surface area (Å²) in [4.78, 5) is 64.7. The molecule has 0 bridgehead atoms. The number of ether oxygens (including phenoxy) is 5. The number of allylic oxidation sites excluding steroid dienone is 1. The van der Waals surface area contributed by atoms with Gasteiger partial charge in [0.1, 0.15) is 35.3 Å². The lowest BCUT2D eigenvalue weighted by atomic mass is 9.77. The number of halogens is 1. The number of hydrogen-bond donors (Lipinski definition) is 0. The van der Waals surface area contributed by atoms with Crippen molar-refractivity contribution < 1.29 is 42.9 Å². The van der Waals surface area contributed by atoms with Crippen LogP contribution >= 0.6 is 11.6 Å². The molecule has 2 saturated heterocycles. The number of fused-ring (bicyclic) bond motifs is 2. The zero-order chi connectivity index (χ0) is 42.2. The number of hydrogen-bond acceptors (Lipinski definition) is 11. The van der Waals surface area contributed by atoms with Gasteiger partial charge in [0.25, 0.3) is 0 Å². The van der Waals surface area contributed by atoms with Crippen molar-refractivity contribution in [2.24, 2.45) is 34.5 Å². The van der Waals surface area contributed by atoms with Crippen LogP contribution in [0.1, 0.15) is 98.6 Å². The largest absolute Gasteiger partial charge is 0.491 e. The highest BCUT2D eigenvalue weighted by atomic mass is 35.5.